The van der Waals surface area contributed by atoms with Gasteiger partial charge in [-0.3, -0.25) is 14.5 Å². The number of anilines is 1. The zero-order chi connectivity index (χ0) is 17.3. The second kappa shape index (κ2) is 6.16. The Morgan fingerprint density at radius 1 is 0.958 bits per heavy atom. The average molecular weight is 323 g/mol. The normalized spacial score (nSPS) is 14.3. The molecule has 2 aromatic rings. The van der Waals surface area contributed by atoms with Gasteiger partial charge in [-0.15, -0.1) is 0 Å². The van der Waals surface area contributed by atoms with Crippen molar-refractivity contribution < 1.29 is 14.4 Å². The van der Waals surface area contributed by atoms with Crippen LogP contribution in [-0.2, 0) is 0 Å². The van der Waals surface area contributed by atoms with E-state index in [0.29, 0.717) is 16.8 Å². The number of nitrogens with zero attached hydrogens (tertiary/aromatic N) is 1. The number of amides is 4. The highest BCUT2D eigenvalue weighted by molar-refractivity contribution is 6.21. The number of carbonyl (C=O) groups is 3. The van der Waals surface area contributed by atoms with Crippen molar-refractivity contribution in [1.82, 2.24) is 10.2 Å². The molecule has 122 valence electrons. The Morgan fingerprint density at radius 2 is 1.50 bits per heavy atom. The van der Waals surface area contributed by atoms with Crippen molar-refractivity contribution in [1.29, 1.82) is 0 Å². The van der Waals surface area contributed by atoms with E-state index < -0.39 is 24.0 Å². The highest BCUT2D eigenvalue weighted by Crippen LogP contribution is 2.23. The molecule has 1 unspecified atom stereocenters. The number of benzene rings is 2. The minimum absolute atomic E-state index is 0.357. The molecule has 6 heteroatoms. The van der Waals surface area contributed by atoms with Crippen LogP contribution < -0.4 is 10.6 Å². The first-order chi connectivity index (χ1) is 11.5. The van der Waals surface area contributed by atoms with Gasteiger partial charge in [0.2, 0.25) is 0 Å². The Hall–Kier alpha value is -3.15. The van der Waals surface area contributed by atoms with Crippen molar-refractivity contribution >= 4 is 23.5 Å². The number of urea groups is 1. The van der Waals surface area contributed by atoms with E-state index >= 15 is 0 Å². The molecular formula is C18H17N3O3. The van der Waals surface area contributed by atoms with Crippen LogP contribution in [0.3, 0.4) is 0 Å². The summed E-state index contributed by atoms with van der Waals surface area (Å²) in [5.74, 6) is -0.808. The van der Waals surface area contributed by atoms with E-state index in [9.17, 15) is 14.4 Å². The molecule has 0 aliphatic carbocycles. The number of fused-ring (bicyclic) bond motifs is 1. The van der Waals surface area contributed by atoms with Gasteiger partial charge in [-0.1, -0.05) is 29.8 Å². The molecule has 0 bridgehead atoms. The lowest BCUT2D eigenvalue weighted by Crippen LogP contribution is -2.50. The first-order valence-corrected chi connectivity index (χ1v) is 7.58. The van der Waals surface area contributed by atoms with Crippen LogP contribution >= 0.6 is 0 Å². The second-order valence-electron chi connectivity index (χ2n) is 5.67. The van der Waals surface area contributed by atoms with Gasteiger partial charge in [0.15, 0.2) is 0 Å². The van der Waals surface area contributed by atoms with Crippen LogP contribution in [0.1, 0.15) is 33.2 Å². The zero-order valence-corrected chi connectivity index (χ0v) is 13.4. The van der Waals surface area contributed by atoms with E-state index in [1.165, 1.54) is 0 Å². The summed E-state index contributed by atoms with van der Waals surface area (Å²) >= 11 is 0. The van der Waals surface area contributed by atoms with Crippen LogP contribution in [-0.4, -0.2) is 28.9 Å². The lowest BCUT2D eigenvalue weighted by molar-refractivity contribution is 0.0581. The van der Waals surface area contributed by atoms with Crippen molar-refractivity contribution in [3.05, 3.63) is 65.2 Å². The molecule has 0 saturated heterocycles. The standard InChI is InChI=1S/C18H17N3O3/c1-11-7-9-13(10-8-11)20-18(24)19-12(2)21-16(22)14-5-3-4-6-15(14)17(21)23/h3-10,12H,1-2H3,(H2,19,20,24). The predicted molar refractivity (Wildman–Crippen MR) is 89.7 cm³/mol. The van der Waals surface area contributed by atoms with Gasteiger partial charge >= 0.3 is 6.03 Å². The molecule has 0 spiro atoms. The number of hydrogen-bond donors (Lipinski definition) is 2. The van der Waals surface area contributed by atoms with Crippen LogP contribution in [0.4, 0.5) is 10.5 Å². The summed E-state index contributed by atoms with van der Waals surface area (Å²) in [6.45, 7) is 3.55. The Morgan fingerprint density at radius 3 is 2.04 bits per heavy atom. The van der Waals surface area contributed by atoms with Gasteiger partial charge in [0.1, 0.15) is 6.17 Å². The van der Waals surface area contributed by atoms with E-state index in [0.717, 1.165) is 10.5 Å². The molecule has 1 aliphatic rings. The third-order valence-corrected chi connectivity index (χ3v) is 3.86. The van der Waals surface area contributed by atoms with E-state index in [-0.39, 0.29) is 0 Å². The fourth-order valence-electron chi connectivity index (χ4n) is 2.62. The van der Waals surface area contributed by atoms with E-state index in [4.69, 9.17) is 0 Å². The van der Waals surface area contributed by atoms with Crippen LogP contribution in [0.2, 0.25) is 0 Å². The molecule has 1 atom stereocenters. The van der Waals surface area contributed by atoms with Crippen molar-refractivity contribution in [2.75, 3.05) is 5.32 Å². The lowest BCUT2D eigenvalue weighted by Gasteiger charge is -2.23. The molecule has 4 amide bonds. The molecule has 2 aromatic carbocycles. The molecule has 1 heterocycles. The zero-order valence-electron chi connectivity index (χ0n) is 13.4. The average Bonchev–Trinajstić information content (AvgIpc) is 2.81. The molecule has 6 nitrogen and oxygen atoms in total. The number of imide groups is 1. The first kappa shape index (κ1) is 15.7. The van der Waals surface area contributed by atoms with Crippen LogP contribution in [0, 0.1) is 6.92 Å². The first-order valence-electron chi connectivity index (χ1n) is 7.58. The number of rotatable bonds is 3. The van der Waals surface area contributed by atoms with Crippen molar-refractivity contribution in [2.45, 2.75) is 20.0 Å². The fraction of sp³-hybridized carbons (Fsp3) is 0.167. The molecule has 0 fully saturated rings. The van der Waals surface area contributed by atoms with Gasteiger partial charge in [-0.2, -0.15) is 0 Å². The van der Waals surface area contributed by atoms with Crippen LogP contribution in [0.5, 0.6) is 0 Å². The summed E-state index contributed by atoms with van der Waals surface area (Å²) in [4.78, 5) is 37.9. The highest BCUT2D eigenvalue weighted by Gasteiger charge is 2.38. The summed E-state index contributed by atoms with van der Waals surface area (Å²) in [7, 11) is 0. The topological polar surface area (TPSA) is 78.5 Å². The largest absolute Gasteiger partial charge is 0.320 e. The SMILES string of the molecule is Cc1ccc(NC(=O)NC(C)N2C(=O)c3ccccc3C2=O)cc1. The van der Waals surface area contributed by atoms with Gasteiger partial charge < -0.3 is 10.6 Å². The Bertz CT molecular complexity index is 780. The van der Waals surface area contributed by atoms with E-state index in [1.807, 2.05) is 19.1 Å². The molecule has 0 saturated carbocycles. The maximum Gasteiger partial charge on any atom is 0.320 e. The minimum Gasteiger partial charge on any atom is -0.317 e. The lowest BCUT2D eigenvalue weighted by atomic mass is 10.1. The summed E-state index contributed by atoms with van der Waals surface area (Å²) < 4.78 is 0. The van der Waals surface area contributed by atoms with Crippen molar-refractivity contribution in [3.63, 3.8) is 0 Å². The maximum absolute atomic E-state index is 12.4. The van der Waals surface area contributed by atoms with Gasteiger partial charge in [-0.05, 0) is 38.1 Å². The van der Waals surface area contributed by atoms with Crippen molar-refractivity contribution in [3.8, 4) is 0 Å². The van der Waals surface area contributed by atoms with Gasteiger partial charge in [0.05, 0.1) is 11.1 Å². The number of nitrogens with one attached hydrogen (secondary N) is 2. The summed E-state index contributed by atoms with van der Waals surface area (Å²) in [5, 5.41) is 5.29. The molecule has 0 aromatic heterocycles. The Kier molecular flexibility index (Phi) is 4.04. The quantitative estimate of drug-likeness (QED) is 0.853. The molecule has 2 N–H and O–H groups in total. The Labute approximate surface area is 139 Å². The van der Waals surface area contributed by atoms with E-state index in [1.54, 1.807) is 43.3 Å². The smallest absolute Gasteiger partial charge is 0.317 e. The maximum atomic E-state index is 12.4. The molecule has 24 heavy (non-hydrogen) atoms. The number of hydrogen-bond acceptors (Lipinski definition) is 3. The third-order valence-electron chi connectivity index (χ3n) is 3.86. The van der Waals surface area contributed by atoms with Gasteiger partial charge in [-0.25, -0.2) is 4.79 Å². The highest BCUT2D eigenvalue weighted by atomic mass is 16.2. The molecule has 1 aliphatic heterocycles. The van der Waals surface area contributed by atoms with Crippen LogP contribution in [0.15, 0.2) is 48.5 Å². The molecule has 3 rings (SSSR count). The third kappa shape index (κ3) is 2.86. The van der Waals surface area contributed by atoms with E-state index in [2.05, 4.69) is 10.6 Å². The summed E-state index contributed by atoms with van der Waals surface area (Å²) in [5.41, 5.74) is 2.43. The number of aryl methyl sites for hydroxylation is 1. The van der Waals surface area contributed by atoms with Crippen LogP contribution in [0.25, 0.3) is 0 Å². The second-order valence-corrected chi connectivity index (χ2v) is 5.67. The molecule has 0 radical (unpaired) electrons. The monoisotopic (exact) mass is 323 g/mol. The van der Waals surface area contributed by atoms with Gasteiger partial charge in [0.25, 0.3) is 11.8 Å². The minimum atomic E-state index is -0.761. The van der Waals surface area contributed by atoms with Crippen molar-refractivity contribution in [2.24, 2.45) is 0 Å². The van der Waals surface area contributed by atoms with Gasteiger partial charge in [0, 0.05) is 5.69 Å². The number of carbonyl (C=O) groups excluding carboxylic acids is 3. The Balaban J connectivity index is 1.68. The predicted octanol–water partition coefficient (Wildman–Crippen LogP) is 2.76. The molecular weight excluding hydrogens is 306 g/mol. The summed E-state index contributed by atoms with van der Waals surface area (Å²) in [6.07, 6.45) is -0.761. The fourth-order valence-corrected chi connectivity index (χ4v) is 2.62. The summed E-state index contributed by atoms with van der Waals surface area (Å²) in [6, 6.07) is 13.5.